The Morgan fingerprint density at radius 3 is 2.87 bits per heavy atom. The summed E-state index contributed by atoms with van der Waals surface area (Å²) >= 11 is 5.91. The van der Waals surface area contributed by atoms with Crippen LogP contribution in [0.3, 0.4) is 0 Å². The molecule has 0 amide bonds. The van der Waals surface area contributed by atoms with Gasteiger partial charge in [-0.1, -0.05) is 23.7 Å². The van der Waals surface area contributed by atoms with Crippen LogP contribution >= 0.6 is 11.6 Å². The summed E-state index contributed by atoms with van der Waals surface area (Å²) in [7, 11) is 1.52. The van der Waals surface area contributed by atoms with Crippen molar-refractivity contribution in [2.24, 2.45) is 5.73 Å². The Balaban J connectivity index is 3.17. The Hall–Kier alpha value is -1.10. The van der Waals surface area contributed by atoms with Gasteiger partial charge >= 0.3 is 5.97 Å². The first-order chi connectivity index (χ1) is 7.07. The maximum Gasteiger partial charge on any atom is 0.325 e. The van der Waals surface area contributed by atoms with E-state index < -0.39 is 12.0 Å². The van der Waals surface area contributed by atoms with Crippen molar-refractivity contribution in [3.8, 4) is 0 Å². The van der Waals surface area contributed by atoms with E-state index in [0.717, 1.165) is 0 Å². The fourth-order valence-electron chi connectivity index (χ4n) is 1.33. The molecule has 4 nitrogen and oxygen atoms in total. The minimum absolute atomic E-state index is 0.289. The molecule has 0 aliphatic rings. The summed E-state index contributed by atoms with van der Waals surface area (Å²) in [5.41, 5.74) is 6.64. The van der Waals surface area contributed by atoms with Gasteiger partial charge in [0.05, 0.1) is 6.61 Å². The number of benzene rings is 1. The van der Waals surface area contributed by atoms with Gasteiger partial charge in [0.15, 0.2) is 0 Å². The molecule has 1 atom stereocenters. The van der Waals surface area contributed by atoms with Crippen molar-refractivity contribution < 1.29 is 14.6 Å². The van der Waals surface area contributed by atoms with Gasteiger partial charge in [0, 0.05) is 17.7 Å². The van der Waals surface area contributed by atoms with Gasteiger partial charge in [-0.05, 0) is 11.6 Å². The zero-order valence-corrected chi connectivity index (χ0v) is 8.99. The molecule has 0 radical (unpaired) electrons. The first-order valence-electron chi connectivity index (χ1n) is 4.32. The van der Waals surface area contributed by atoms with Crippen LogP contribution in [-0.2, 0) is 16.1 Å². The minimum atomic E-state index is -1.12. The molecular formula is C10H12ClNO3. The molecule has 0 spiro atoms. The summed E-state index contributed by atoms with van der Waals surface area (Å²) in [6.45, 7) is 0.289. The van der Waals surface area contributed by atoms with E-state index in [0.29, 0.717) is 16.1 Å². The molecule has 3 N–H and O–H groups in total. The van der Waals surface area contributed by atoms with Gasteiger partial charge < -0.3 is 15.6 Å². The normalized spacial score (nSPS) is 12.5. The van der Waals surface area contributed by atoms with Crippen molar-refractivity contribution >= 4 is 17.6 Å². The van der Waals surface area contributed by atoms with Crippen LogP contribution in [0.5, 0.6) is 0 Å². The Bertz CT molecular complexity index is 368. The molecule has 0 aromatic heterocycles. The molecular weight excluding hydrogens is 218 g/mol. The van der Waals surface area contributed by atoms with Crippen molar-refractivity contribution in [2.75, 3.05) is 7.11 Å². The maximum atomic E-state index is 10.8. The molecule has 0 saturated carbocycles. The van der Waals surface area contributed by atoms with E-state index in [1.165, 1.54) is 7.11 Å². The maximum absolute atomic E-state index is 10.8. The Kier molecular flexibility index (Phi) is 4.08. The molecule has 1 aromatic carbocycles. The van der Waals surface area contributed by atoms with Crippen molar-refractivity contribution in [3.05, 3.63) is 34.3 Å². The van der Waals surface area contributed by atoms with E-state index in [1.54, 1.807) is 18.2 Å². The summed E-state index contributed by atoms with van der Waals surface area (Å²) in [6, 6.07) is 3.96. The highest BCUT2D eigenvalue weighted by Gasteiger charge is 2.20. The smallest absolute Gasteiger partial charge is 0.325 e. The van der Waals surface area contributed by atoms with Gasteiger partial charge in [-0.25, -0.2) is 0 Å². The highest BCUT2D eigenvalue weighted by atomic mass is 35.5. The Morgan fingerprint density at radius 1 is 1.67 bits per heavy atom. The van der Waals surface area contributed by atoms with Crippen molar-refractivity contribution in [3.63, 3.8) is 0 Å². The molecule has 1 aromatic rings. The van der Waals surface area contributed by atoms with E-state index in [-0.39, 0.29) is 6.61 Å². The standard InChI is InChI=1S/C10H12ClNO3/c1-15-5-6-3-2-4-7(11)8(6)9(12)10(13)14/h2-4,9H,5,12H2,1H3,(H,13,14). The van der Waals surface area contributed by atoms with Crippen molar-refractivity contribution in [2.45, 2.75) is 12.6 Å². The van der Waals surface area contributed by atoms with Crippen molar-refractivity contribution in [1.82, 2.24) is 0 Å². The average Bonchev–Trinajstić information content (AvgIpc) is 2.17. The highest BCUT2D eigenvalue weighted by molar-refractivity contribution is 6.31. The average molecular weight is 230 g/mol. The zero-order valence-electron chi connectivity index (χ0n) is 8.24. The molecule has 0 saturated heterocycles. The van der Waals surface area contributed by atoms with Crippen molar-refractivity contribution in [1.29, 1.82) is 0 Å². The lowest BCUT2D eigenvalue weighted by Gasteiger charge is -2.14. The van der Waals surface area contributed by atoms with E-state index in [1.807, 2.05) is 0 Å². The van der Waals surface area contributed by atoms with Gasteiger partial charge in [0.25, 0.3) is 0 Å². The quantitative estimate of drug-likeness (QED) is 0.822. The van der Waals surface area contributed by atoms with Gasteiger partial charge in [-0.2, -0.15) is 0 Å². The number of carbonyl (C=O) groups is 1. The summed E-state index contributed by atoms with van der Waals surface area (Å²) in [4.78, 5) is 10.8. The lowest BCUT2D eigenvalue weighted by Crippen LogP contribution is -2.22. The molecule has 82 valence electrons. The van der Waals surface area contributed by atoms with Crippen LogP contribution in [0.2, 0.25) is 5.02 Å². The number of carboxylic acid groups (broad SMARTS) is 1. The van der Waals surface area contributed by atoms with E-state index in [4.69, 9.17) is 27.2 Å². The van der Waals surface area contributed by atoms with Crippen LogP contribution in [0, 0.1) is 0 Å². The second kappa shape index (κ2) is 5.11. The number of ether oxygens (including phenoxy) is 1. The molecule has 0 aliphatic carbocycles. The highest BCUT2D eigenvalue weighted by Crippen LogP contribution is 2.26. The van der Waals surface area contributed by atoms with E-state index in [2.05, 4.69) is 0 Å². The fraction of sp³-hybridized carbons (Fsp3) is 0.300. The van der Waals surface area contributed by atoms with E-state index >= 15 is 0 Å². The zero-order chi connectivity index (χ0) is 11.4. The number of methoxy groups -OCH3 is 1. The molecule has 0 aliphatic heterocycles. The summed E-state index contributed by atoms with van der Waals surface area (Å²) in [5, 5.41) is 9.17. The molecule has 0 heterocycles. The molecule has 0 bridgehead atoms. The Labute approximate surface area is 92.6 Å². The van der Waals surface area contributed by atoms with Crippen LogP contribution in [-0.4, -0.2) is 18.2 Å². The molecule has 1 unspecified atom stereocenters. The fourth-order valence-corrected chi connectivity index (χ4v) is 1.65. The lowest BCUT2D eigenvalue weighted by atomic mass is 10.0. The van der Waals surface area contributed by atoms with Crippen LogP contribution in [0.25, 0.3) is 0 Å². The summed E-state index contributed by atoms with van der Waals surface area (Å²) < 4.78 is 4.95. The van der Waals surface area contributed by atoms with Crippen LogP contribution in [0.15, 0.2) is 18.2 Å². The van der Waals surface area contributed by atoms with Crippen LogP contribution in [0.4, 0.5) is 0 Å². The Morgan fingerprint density at radius 2 is 2.33 bits per heavy atom. The summed E-state index contributed by atoms with van der Waals surface area (Å²) in [5.74, 6) is -1.11. The second-order valence-electron chi connectivity index (χ2n) is 3.06. The first kappa shape index (κ1) is 12.0. The number of carboxylic acids is 1. The number of hydrogen-bond acceptors (Lipinski definition) is 3. The number of hydrogen-bond donors (Lipinski definition) is 2. The first-order valence-corrected chi connectivity index (χ1v) is 4.70. The SMILES string of the molecule is COCc1cccc(Cl)c1C(N)C(=O)O. The predicted octanol–water partition coefficient (Wildman–Crippen LogP) is 1.57. The number of rotatable bonds is 4. The molecule has 0 fully saturated rings. The third-order valence-corrected chi connectivity index (χ3v) is 2.35. The largest absolute Gasteiger partial charge is 0.480 e. The van der Waals surface area contributed by atoms with Crippen LogP contribution in [0.1, 0.15) is 17.2 Å². The second-order valence-corrected chi connectivity index (χ2v) is 3.47. The molecule has 5 heteroatoms. The van der Waals surface area contributed by atoms with Gasteiger partial charge in [0.1, 0.15) is 6.04 Å². The molecule has 15 heavy (non-hydrogen) atoms. The third kappa shape index (κ3) is 2.68. The summed E-state index contributed by atoms with van der Waals surface area (Å²) in [6.07, 6.45) is 0. The lowest BCUT2D eigenvalue weighted by molar-refractivity contribution is -0.138. The number of nitrogens with two attached hydrogens (primary N) is 1. The van der Waals surface area contributed by atoms with Gasteiger partial charge in [-0.15, -0.1) is 0 Å². The van der Waals surface area contributed by atoms with Gasteiger partial charge in [-0.3, -0.25) is 4.79 Å². The number of aliphatic carboxylic acids is 1. The van der Waals surface area contributed by atoms with E-state index in [9.17, 15) is 4.79 Å². The topological polar surface area (TPSA) is 72.5 Å². The minimum Gasteiger partial charge on any atom is -0.480 e. The predicted molar refractivity (Wildman–Crippen MR) is 56.7 cm³/mol. The number of halogens is 1. The molecule has 1 rings (SSSR count). The van der Waals surface area contributed by atoms with Crippen LogP contribution < -0.4 is 5.73 Å². The monoisotopic (exact) mass is 229 g/mol. The third-order valence-electron chi connectivity index (χ3n) is 2.02. The van der Waals surface area contributed by atoms with Gasteiger partial charge in [0.2, 0.25) is 0 Å².